The molecule has 15 heavy (non-hydrogen) atoms. The van der Waals surface area contributed by atoms with Crippen molar-refractivity contribution in [3.63, 3.8) is 0 Å². The van der Waals surface area contributed by atoms with Crippen LogP contribution in [0.3, 0.4) is 0 Å². The summed E-state index contributed by atoms with van der Waals surface area (Å²) in [4.78, 5) is 11.1. The molecule has 82 valence electrons. The van der Waals surface area contributed by atoms with Crippen molar-refractivity contribution in [2.24, 2.45) is 0 Å². The van der Waals surface area contributed by atoms with E-state index >= 15 is 0 Å². The van der Waals surface area contributed by atoms with Crippen molar-refractivity contribution >= 4 is 29.4 Å². The van der Waals surface area contributed by atoms with Gasteiger partial charge in [0.2, 0.25) is 0 Å². The quantitative estimate of drug-likeness (QED) is 0.588. The monoisotopic (exact) mass is 248 g/mol. The highest BCUT2D eigenvalue weighted by Gasteiger charge is 2.11. The maximum atomic E-state index is 11.1. The number of halogens is 2. The molecule has 1 rings (SSSR count). The highest BCUT2D eigenvalue weighted by Crippen LogP contribution is 2.27. The van der Waals surface area contributed by atoms with Crippen LogP contribution in [0.1, 0.15) is 13.8 Å². The van der Waals surface area contributed by atoms with Crippen LogP contribution in [-0.4, -0.2) is 12.3 Å². The van der Waals surface area contributed by atoms with Crippen LogP contribution in [0.25, 0.3) is 0 Å². The van der Waals surface area contributed by atoms with Crippen molar-refractivity contribution in [2.75, 3.05) is 0 Å². The number of benzene rings is 1. The Hall–Kier alpha value is -0.930. The fourth-order valence-corrected chi connectivity index (χ4v) is 1.31. The molecule has 5 heteroatoms. The van der Waals surface area contributed by atoms with Gasteiger partial charge in [-0.25, -0.2) is 4.79 Å². The van der Waals surface area contributed by atoms with Crippen molar-refractivity contribution in [2.45, 2.75) is 20.0 Å². The van der Waals surface area contributed by atoms with Gasteiger partial charge < -0.3 is 9.47 Å². The van der Waals surface area contributed by atoms with Gasteiger partial charge in [0, 0.05) is 5.02 Å². The predicted octanol–water partition coefficient (Wildman–Crippen LogP) is 3.92. The second-order valence-electron chi connectivity index (χ2n) is 3.09. The van der Waals surface area contributed by atoms with Crippen molar-refractivity contribution in [1.82, 2.24) is 0 Å². The summed E-state index contributed by atoms with van der Waals surface area (Å²) in [5.74, 6) is 0.228. The maximum Gasteiger partial charge on any atom is 0.514 e. The Balaban J connectivity index is 2.68. The summed E-state index contributed by atoms with van der Waals surface area (Å²) in [6, 6.07) is 4.57. The molecule has 0 amide bonds. The summed E-state index contributed by atoms with van der Waals surface area (Å²) >= 11 is 11.5. The molecule has 0 bridgehead atoms. The summed E-state index contributed by atoms with van der Waals surface area (Å²) < 4.78 is 9.65. The van der Waals surface area contributed by atoms with E-state index in [-0.39, 0.29) is 16.9 Å². The fourth-order valence-electron chi connectivity index (χ4n) is 0.864. The van der Waals surface area contributed by atoms with Gasteiger partial charge in [-0.2, -0.15) is 0 Å². The molecule has 0 aliphatic carbocycles. The van der Waals surface area contributed by atoms with E-state index in [2.05, 4.69) is 0 Å². The Morgan fingerprint density at radius 1 is 1.33 bits per heavy atom. The Morgan fingerprint density at radius 3 is 2.53 bits per heavy atom. The first-order valence-corrected chi connectivity index (χ1v) is 5.08. The van der Waals surface area contributed by atoms with Gasteiger partial charge in [0.1, 0.15) is 0 Å². The molecule has 0 aliphatic rings. The molecular formula is C10H10Cl2O3. The second kappa shape index (κ2) is 5.24. The van der Waals surface area contributed by atoms with E-state index in [1.165, 1.54) is 12.1 Å². The predicted molar refractivity (Wildman–Crippen MR) is 58.7 cm³/mol. The van der Waals surface area contributed by atoms with Crippen molar-refractivity contribution in [3.05, 3.63) is 28.2 Å². The lowest BCUT2D eigenvalue weighted by atomic mass is 10.3. The van der Waals surface area contributed by atoms with Crippen LogP contribution in [0.15, 0.2) is 18.2 Å². The summed E-state index contributed by atoms with van der Waals surface area (Å²) in [6.45, 7) is 3.45. The number of carbonyl (C=O) groups excluding carboxylic acids is 1. The van der Waals surface area contributed by atoms with Gasteiger partial charge in [0.15, 0.2) is 5.75 Å². The second-order valence-corrected chi connectivity index (χ2v) is 3.94. The highest BCUT2D eigenvalue weighted by molar-refractivity contribution is 6.35. The Bertz CT molecular complexity index is 364. The molecule has 0 saturated heterocycles. The number of rotatable bonds is 2. The van der Waals surface area contributed by atoms with Crippen molar-refractivity contribution in [3.8, 4) is 5.75 Å². The minimum absolute atomic E-state index is 0.228. The Morgan fingerprint density at radius 2 is 2.00 bits per heavy atom. The first-order valence-electron chi connectivity index (χ1n) is 4.32. The molecule has 0 N–H and O–H groups in total. The molecule has 0 aromatic heterocycles. The zero-order chi connectivity index (χ0) is 11.4. The normalized spacial score (nSPS) is 10.2. The number of ether oxygens (including phenoxy) is 2. The van der Waals surface area contributed by atoms with E-state index in [1.54, 1.807) is 19.9 Å². The molecular weight excluding hydrogens is 239 g/mol. The van der Waals surface area contributed by atoms with Crippen molar-refractivity contribution < 1.29 is 14.3 Å². The van der Waals surface area contributed by atoms with E-state index in [9.17, 15) is 4.79 Å². The SMILES string of the molecule is CC(C)OC(=O)Oc1ccc(Cl)cc1Cl. The molecule has 3 nitrogen and oxygen atoms in total. The van der Waals surface area contributed by atoms with Crippen LogP contribution in [-0.2, 0) is 4.74 Å². The molecule has 0 aliphatic heterocycles. The van der Waals surface area contributed by atoms with Crippen LogP contribution in [0.5, 0.6) is 5.75 Å². The average molecular weight is 249 g/mol. The third-order valence-electron chi connectivity index (χ3n) is 1.42. The van der Waals surface area contributed by atoms with Crippen LogP contribution >= 0.6 is 23.2 Å². The third kappa shape index (κ3) is 3.98. The molecule has 1 aromatic carbocycles. The third-order valence-corrected chi connectivity index (χ3v) is 1.95. The van der Waals surface area contributed by atoms with E-state index in [0.29, 0.717) is 5.02 Å². The summed E-state index contributed by atoms with van der Waals surface area (Å²) in [7, 11) is 0. The van der Waals surface area contributed by atoms with Gasteiger partial charge in [0.05, 0.1) is 11.1 Å². The highest BCUT2D eigenvalue weighted by atomic mass is 35.5. The number of carbonyl (C=O) groups is 1. The van der Waals surface area contributed by atoms with Crippen molar-refractivity contribution in [1.29, 1.82) is 0 Å². The van der Waals surface area contributed by atoms with Crippen LogP contribution in [0, 0.1) is 0 Å². The van der Waals surface area contributed by atoms with E-state index < -0.39 is 6.16 Å². The molecule has 0 fully saturated rings. The lowest BCUT2D eigenvalue weighted by molar-refractivity contribution is 0.0729. The number of hydrogen-bond acceptors (Lipinski definition) is 3. The lowest BCUT2D eigenvalue weighted by Gasteiger charge is -2.09. The summed E-state index contributed by atoms with van der Waals surface area (Å²) in [6.07, 6.45) is -1.02. The lowest BCUT2D eigenvalue weighted by Crippen LogP contribution is -2.15. The Labute approximate surface area is 97.9 Å². The van der Waals surface area contributed by atoms with Crippen LogP contribution in [0.2, 0.25) is 10.0 Å². The van der Waals surface area contributed by atoms with Gasteiger partial charge in [0.25, 0.3) is 0 Å². The molecule has 0 spiro atoms. The fraction of sp³-hybridized carbons (Fsp3) is 0.300. The zero-order valence-electron chi connectivity index (χ0n) is 8.29. The zero-order valence-corrected chi connectivity index (χ0v) is 9.80. The Kier molecular flexibility index (Phi) is 4.24. The molecule has 0 heterocycles. The average Bonchev–Trinajstić information content (AvgIpc) is 2.08. The van der Waals surface area contributed by atoms with Gasteiger partial charge in [-0.15, -0.1) is 0 Å². The molecule has 0 saturated carbocycles. The minimum Gasteiger partial charge on any atom is -0.431 e. The molecule has 0 radical (unpaired) electrons. The van der Waals surface area contributed by atoms with Gasteiger partial charge in [-0.05, 0) is 32.0 Å². The number of hydrogen-bond donors (Lipinski definition) is 0. The van der Waals surface area contributed by atoms with Gasteiger partial charge >= 0.3 is 6.16 Å². The minimum atomic E-state index is -0.783. The molecule has 0 atom stereocenters. The summed E-state index contributed by atoms with van der Waals surface area (Å²) in [5, 5.41) is 0.743. The van der Waals surface area contributed by atoms with Gasteiger partial charge in [-0.3, -0.25) is 0 Å². The summed E-state index contributed by atoms with van der Waals surface area (Å²) in [5.41, 5.74) is 0. The van der Waals surface area contributed by atoms with E-state index in [4.69, 9.17) is 32.7 Å². The van der Waals surface area contributed by atoms with Crippen LogP contribution in [0.4, 0.5) is 4.79 Å². The van der Waals surface area contributed by atoms with E-state index in [1.807, 2.05) is 0 Å². The maximum absolute atomic E-state index is 11.1. The first kappa shape index (κ1) is 12.1. The largest absolute Gasteiger partial charge is 0.514 e. The topological polar surface area (TPSA) is 35.5 Å². The van der Waals surface area contributed by atoms with Crippen LogP contribution < -0.4 is 4.74 Å². The standard InChI is InChI=1S/C10H10Cl2O3/c1-6(2)14-10(13)15-9-4-3-7(11)5-8(9)12/h3-6H,1-2H3. The van der Waals surface area contributed by atoms with E-state index in [0.717, 1.165) is 0 Å². The molecule has 0 unspecified atom stereocenters. The smallest absolute Gasteiger partial charge is 0.431 e. The molecule has 1 aromatic rings. The first-order chi connectivity index (χ1) is 6.99. The van der Waals surface area contributed by atoms with Gasteiger partial charge in [-0.1, -0.05) is 23.2 Å².